The molecule has 116 valence electrons. The molecule has 0 spiro atoms. The third kappa shape index (κ3) is 2.34. The van der Waals surface area contributed by atoms with Crippen molar-refractivity contribution < 1.29 is 14.7 Å². The molecule has 6 heteroatoms. The van der Waals surface area contributed by atoms with Crippen LogP contribution in [0.5, 0.6) is 0 Å². The van der Waals surface area contributed by atoms with Gasteiger partial charge in [-0.1, -0.05) is 19.1 Å². The molecular formula is C16H19N3O3. The molecule has 0 saturated carbocycles. The maximum atomic E-state index is 12.6. The monoisotopic (exact) mass is 301 g/mol. The lowest BCUT2D eigenvalue weighted by Crippen LogP contribution is -2.49. The molecule has 6 nitrogen and oxygen atoms in total. The van der Waals surface area contributed by atoms with Gasteiger partial charge in [-0.05, 0) is 31.4 Å². The van der Waals surface area contributed by atoms with Crippen LogP contribution in [0.15, 0.2) is 24.3 Å². The van der Waals surface area contributed by atoms with Crippen molar-refractivity contribution in [1.82, 2.24) is 14.9 Å². The summed E-state index contributed by atoms with van der Waals surface area (Å²) in [7, 11) is 0. The van der Waals surface area contributed by atoms with Crippen LogP contribution in [-0.2, 0) is 4.79 Å². The minimum atomic E-state index is -0.833. The predicted molar refractivity (Wildman–Crippen MR) is 81.6 cm³/mol. The van der Waals surface area contributed by atoms with E-state index in [0.717, 1.165) is 11.0 Å². The van der Waals surface area contributed by atoms with Gasteiger partial charge < -0.3 is 15.0 Å². The highest BCUT2D eigenvalue weighted by molar-refractivity contribution is 5.94. The fraction of sp³-hybridized carbons (Fsp3) is 0.438. The van der Waals surface area contributed by atoms with E-state index in [1.165, 1.54) is 0 Å². The van der Waals surface area contributed by atoms with Crippen molar-refractivity contribution in [3.05, 3.63) is 30.1 Å². The number of carboxylic acids is 1. The maximum Gasteiger partial charge on any atom is 0.311 e. The average Bonchev–Trinajstić information content (AvgIpc) is 2.98. The van der Waals surface area contributed by atoms with Crippen LogP contribution < -0.4 is 0 Å². The van der Waals surface area contributed by atoms with Crippen molar-refractivity contribution in [2.45, 2.75) is 26.2 Å². The summed E-state index contributed by atoms with van der Waals surface area (Å²) in [5, 5.41) is 9.51. The van der Waals surface area contributed by atoms with E-state index in [4.69, 9.17) is 0 Å². The van der Waals surface area contributed by atoms with E-state index in [1.807, 2.05) is 31.2 Å². The Morgan fingerprint density at radius 3 is 2.86 bits per heavy atom. The summed E-state index contributed by atoms with van der Waals surface area (Å²) in [4.78, 5) is 33.2. The molecule has 1 atom stereocenters. The van der Waals surface area contributed by atoms with E-state index in [-0.39, 0.29) is 18.3 Å². The summed E-state index contributed by atoms with van der Waals surface area (Å²) in [6.45, 7) is 2.68. The molecule has 0 unspecified atom stereocenters. The lowest BCUT2D eigenvalue weighted by molar-refractivity contribution is -0.152. The molecule has 1 saturated heterocycles. The molecule has 22 heavy (non-hydrogen) atoms. The van der Waals surface area contributed by atoms with Gasteiger partial charge in [-0.25, -0.2) is 4.98 Å². The zero-order valence-corrected chi connectivity index (χ0v) is 12.5. The third-order valence-corrected chi connectivity index (χ3v) is 4.59. The van der Waals surface area contributed by atoms with Gasteiger partial charge in [0.2, 0.25) is 0 Å². The van der Waals surface area contributed by atoms with Crippen LogP contribution in [0, 0.1) is 5.41 Å². The highest BCUT2D eigenvalue weighted by Gasteiger charge is 2.42. The Morgan fingerprint density at radius 2 is 2.18 bits per heavy atom. The van der Waals surface area contributed by atoms with Gasteiger partial charge in [-0.15, -0.1) is 0 Å². The van der Waals surface area contributed by atoms with Crippen LogP contribution in [0.25, 0.3) is 11.0 Å². The molecule has 1 aromatic heterocycles. The number of imidazole rings is 1. The Labute approximate surface area is 128 Å². The van der Waals surface area contributed by atoms with Crippen molar-refractivity contribution in [2.75, 3.05) is 13.1 Å². The third-order valence-electron chi connectivity index (χ3n) is 4.59. The van der Waals surface area contributed by atoms with Crippen LogP contribution in [0.2, 0.25) is 0 Å². The van der Waals surface area contributed by atoms with Crippen LogP contribution >= 0.6 is 0 Å². The SMILES string of the molecule is CC[C@]1(C(=O)O)CCCN(C(=O)c2nc3ccccc3[nH]2)C1. The number of H-pyrrole nitrogens is 1. The minimum Gasteiger partial charge on any atom is -0.481 e. The number of benzene rings is 1. The van der Waals surface area contributed by atoms with Crippen molar-refractivity contribution in [2.24, 2.45) is 5.41 Å². The number of hydrogen-bond acceptors (Lipinski definition) is 3. The number of hydrogen-bond donors (Lipinski definition) is 2. The molecule has 0 radical (unpaired) electrons. The molecule has 2 aromatic rings. The zero-order chi connectivity index (χ0) is 15.7. The number of likely N-dealkylation sites (tertiary alicyclic amines) is 1. The van der Waals surface area contributed by atoms with Gasteiger partial charge in [-0.3, -0.25) is 9.59 Å². The number of carbonyl (C=O) groups is 2. The fourth-order valence-corrected chi connectivity index (χ4v) is 3.12. The number of aliphatic carboxylic acids is 1. The Balaban J connectivity index is 1.86. The van der Waals surface area contributed by atoms with Gasteiger partial charge in [0.25, 0.3) is 5.91 Å². The van der Waals surface area contributed by atoms with Gasteiger partial charge in [-0.2, -0.15) is 0 Å². The molecule has 1 amide bonds. The van der Waals surface area contributed by atoms with Gasteiger partial charge in [0.15, 0.2) is 5.82 Å². The predicted octanol–water partition coefficient (Wildman–Crippen LogP) is 2.28. The smallest absolute Gasteiger partial charge is 0.311 e. The molecule has 1 aliphatic rings. The topological polar surface area (TPSA) is 86.3 Å². The van der Waals surface area contributed by atoms with Crippen molar-refractivity contribution in [1.29, 1.82) is 0 Å². The van der Waals surface area contributed by atoms with Crippen molar-refractivity contribution >= 4 is 22.9 Å². The molecule has 2 N–H and O–H groups in total. The number of fused-ring (bicyclic) bond motifs is 1. The first-order valence-corrected chi connectivity index (χ1v) is 7.53. The lowest BCUT2D eigenvalue weighted by Gasteiger charge is -2.39. The average molecular weight is 301 g/mol. The highest BCUT2D eigenvalue weighted by atomic mass is 16.4. The quantitative estimate of drug-likeness (QED) is 0.910. The van der Waals surface area contributed by atoms with Crippen LogP contribution in [0.3, 0.4) is 0 Å². The van der Waals surface area contributed by atoms with E-state index in [0.29, 0.717) is 25.8 Å². The van der Waals surface area contributed by atoms with E-state index in [1.54, 1.807) is 4.90 Å². The van der Waals surface area contributed by atoms with E-state index >= 15 is 0 Å². The molecule has 1 aromatic carbocycles. The number of rotatable bonds is 3. The van der Waals surface area contributed by atoms with E-state index in [2.05, 4.69) is 9.97 Å². The molecule has 1 aliphatic heterocycles. The molecule has 3 rings (SSSR count). The number of amides is 1. The number of nitrogens with one attached hydrogen (secondary N) is 1. The number of carbonyl (C=O) groups excluding carboxylic acids is 1. The summed E-state index contributed by atoms with van der Waals surface area (Å²) in [6.07, 6.45) is 1.83. The first-order chi connectivity index (χ1) is 10.6. The second-order valence-corrected chi connectivity index (χ2v) is 5.87. The standard InChI is InChI=1S/C16H19N3O3/c1-2-16(15(21)22)8-5-9-19(10-16)14(20)13-17-11-6-3-4-7-12(11)18-13/h3-4,6-7H,2,5,8-10H2,1H3,(H,17,18)(H,21,22)/t16-/m0/s1. The molecule has 1 fully saturated rings. The van der Waals surface area contributed by atoms with Gasteiger partial charge in [0, 0.05) is 13.1 Å². The van der Waals surface area contributed by atoms with Crippen molar-refractivity contribution in [3.63, 3.8) is 0 Å². The number of aromatic nitrogens is 2. The highest BCUT2D eigenvalue weighted by Crippen LogP contribution is 2.34. The van der Waals surface area contributed by atoms with Crippen LogP contribution in [0.4, 0.5) is 0 Å². The summed E-state index contributed by atoms with van der Waals surface area (Å²) in [5.41, 5.74) is 0.714. The lowest BCUT2D eigenvalue weighted by atomic mass is 9.77. The number of para-hydroxylation sites is 2. The largest absolute Gasteiger partial charge is 0.481 e. The zero-order valence-electron chi connectivity index (χ0n) is 12.5. The summed E-state index contributed by atoms with van der Waals surface area (Å²) in [6, 6.07) is 7.45. The van der Waals surface area contributed by atoms with E-state index < -0.39 is 11.4 Å². The number of nitrogens with zero attached hydrogens (tertiary/aromatic N) is 2. The maximum absolute atomic E-state index is 12.6. The second-order valence-electron chi connectivity index (χ2n) is 5.87. The van der Waals surface area contributed by atoms with Crippen LogP contribution in [-0.4, -0.2) is 44.9 Å². The Morgan fingerprint density at radius 1 is 1.41 bits per heavy atom. The normalized spacial score (nSPS) is 22.0. The van der Waals surface area contributed by atoms with Gasteiger partial charge in [0.05, 0.1) is 16.4 Å². The molecule has 0 aliphatic carbocycles. The number of carboxylic acid groups (broad SMARTS) is 1. The molecule has 0 bridgehead atoms. The van der Waals surface area contributed by atoms with E-state index in [9.17, 15) is 14.7 Å². The Hall–Kier alpha value is -2.37. The van der Waals surface area contributed by atoms with Crippen molar-refractivity contribution in [3.8, 4) is 0 Å². The van der Waals surface area contributed by atoms with Gasteiger partial charge >= 0.3 is 5.97 Å². The molecular weight excluding hydrogens is 282 g/mol. The second kappa shape index (κ2) is 5.44. The number of aromatic amines is 1. The minimum absolute atomic E-state index is 0.227. The Kier molecular flexibility index (Phi) is 3.60. The fourth-order valence-electron chi connectivity index (χ4n) is 3.12. The van der Waals surface area contributed by atoms with Crippen LogP contribution in [0.1, 0.15) is 36.8 Å². The first kappa shape index (κ1) is 14.6. The number of piperidine rings is 1. The summed E-state index contributed by atoms with van der Waals surface area (Å²) in [5.74, 6) is -0.773. The first-order valence-electron chi connectivity index (χ1n) is 7.53. The summed E-state index contributed by atoms with van der Waals surface area (Å²) < 4.78 is 0. The molecule has 2 heterocycles. The summed E-state index contributed by atoms with van der Waals surface area (Å²) >= 11 is 0. The van der Waals surface area contributed by atoms with Gasteiger partial charge in [0.1, 0.15) is 0 Å². The Bertz CT molecular complexity index is 691.